The normalized spacial score (nSPS) is 13.5. The molecule has 1 heterocycles. The minimum Gasteiger partial charge on any atom is -0.453 e. The lowest BCUT2D eigenvalue weighted by Crippen LogP contribution is -1.93. The summed E-state index contributed by atoms with van der Waals surface area (Å²) in [5.41, 5.74) is 0.483. The number of benzene rings is 1. The molecule has 0 aliphatic carbocycles. The molecule has 0 atom stereocenters. The fourth-order valence-electron chi connectivity index (χ4n) is 1.11. The first-order valence-corrected chi connectivity index (χ1v) is 3.50. The summed E-state index contributed by atoms with van der Waals surface area (Å²) in [6.07, 6.45) is 0. The van der Waals surface area contributed by atoms with Crippen molar-refractivity contribution in [1.82, 2.24) is 0 Å². The number of fused-ring (bicyclic) bond motifs is 1. The second kappa shape index (κ2) is 2.64. The van der Waals surface area contributed by atoms with Crippen molar-refractivity contribution in [2.75, 3.05) is 6.79 Å². The van der Waals surface area contributed by atoms with Crippen molar-refractivity contribution in [1.29, 1.82) is 0 Å². The summed E-state index contributed by atoms with van der Waals surface area (Å²) in [5.74, 6) is 0.000278. The van der Waals surface area contributed by atoms with Gasteiger partial charge in [0.2, 0.25) is 12.5 Å². The van der Waals surface area contributed by atoms with E-state index >= 15 is 0 Å². The third-order valence-corrected chi connectivity index (χ3v) is 1.67. The van der Waals surface area contributed by atoms with Crippen LogP contribution in [0.4, 0.5) is 4.39 Å². The van der Waals surface area contributed by atoms with Crippen LogP contribution in [0.5, 0.6) is 11.5 Å². The summed E-state index contributed by atoms with van der Waals surface area (Å²) < 4.78 is 22.8. The maximum atomic E-state index is 13.0. The summed E-state index contributed by atoms with van der Waals surface area (Å²) in [4.78, 5) is 0. The third-order valence-electron chi connectivity index (χ3n) is 1.67. The monoisotopic (exact) mass is 170 g/mol. The second-order valence-electron chi connectivity index (χ2n) is 2.47. The van der Waals surface area contributed by atoms with E-state index in [1.54, 1.807) is 6.07 Å². The van der Waals surface area contributed by atoms with E-state index in [1.807, 2.05) is 0 Å². The Balaban J connectivity index is 2.51. The number of aliphatic hydroxyl groups is 1. The minimum absolute atomic E-state index is 0.0428. The second-order valence-corrected chi connectivity index (χ2v) is 2.47. The Kier molecular flexibility index (Phi) is 1.62. The number of halogens is 1. The summed E-state index contributed by atoms with van der Waals surface area (Å²) in [6.45, 7) is -0.158. The lowest BCUT2D eigenvalue weighted by atomic mass is 10.2. The maximum Gasteiger partial charge on any atom is 0.231 e. The van der Waals surface area contributed by atoms with E-state index in [1.165, 1.54) is 6.07 Å². The molecule has 0 unspecified atom stereocenters. The van der Waals surface area contributed by atoms with E-state index in [2.05, 4.69) is 0 Å². The first-order chi connectivity index (χ1) is 5.81. The molecule has 0 spiro atoms. The Morgan fingerprint density at radius 1 is 1.42 bits per heavy atom. The molecule has 3 nitrogen and oxygen atoms in total. The molecule has 1 N–H and O–H groups in total. The van der Waals surface area contributed by atoms with Gasteiger partial charge in [0.15, 0.2) is 11.6 Å². The van der Waals surface area contributed by atoms with Crippen LogP contribution in [0.2, 0.25) is 0 Å². The van der Waals surface area contributed by atoms with Gasteiger partial charge in [0.25, 0.3) is 0 Å². The van der Waals surface area contributed by atoms with Crippen LogP contribution in [0.3, 0.4) is 0 Å². The SMILES string of the molecule is OCc1cc(F)c2c(c1)OCO2. The molecule has 0 radical (unpaired) electrons. The van der Waals surface area contributed by atoms with Crippen LogP contribution in [0.1, 0.15) is 5.56 Å². The molecule has 0 bridgehead atoms. The average Bonchev–Trinajstić information content (AvgIpc) is 2.52. The number of rotatable bonds is 1. The number of ether oxygens (including phenoxy) is 2. The molecule has 1 aromatic carbocycles. The van der Waals surface area contributed by atoms with Gasteiger partial charge in [-0.05, 0) is 17.7 Å². The lowest BCUT2D eigenvalue weighted by Gasteiger charge is -2.00. The molecule has 4 heteroatoms. The Hall–Kier alpha value is -1.29. The van der Waals surface area contributed by atoms with E-state index in [4.69, 9.17) is 14.6 Å². The highest BCUT2D eigenvalue weighted by atomic mass is 19.1. The van der Waals surface area contributed by atoms with Gasteiger partial charge in [-0.1, -0.05) is 0 Å². The van der Waals surface area contributed by atoms with Crippen molar-refractivity contribution in [3.63, 3.8) is 0 Å². The zero-order valence-corrected chi connectivity index (χ0v) is 6.21. The topological polar surface area (TPSA) is 38.7 Å². The Bertz CT molecular complexity index is 311. The molecule has 0 saturated carbocycles. The molecule has 0 amide bonds. The van der Waals surface area contributed by atoms with Gasteiger partial charge in [-0.25, -0.2) is 4.39 Å². The molecule has 1 aliphatic rings. The van der Waals surface area contributed by atoms with Crippen LogP contribution in [-0.2, 0) is 6.61 Å². The minimum atomic E-state index is -0.492. The van der Waals surface area contributed by atoms with E-state index in [9.17, 15) is 4.39 Å². The number of aliphatic hydroxyl groups excluding tert-OH is 1. The Morgan fingerprint density at radius 3 is 3.00 bits per heavy atom. The summed E-state index contributed by atoms with van der Waals surface area (Å²) >= 11 is 0. The first kappa shape index (κ1) is 7.36. The van der Waals surface area contributed by atoms with Gasteiger partial charge in [0.05, 0.1) is 6.61 Å². The smallest absolute Gasteiger partial charge is 0.231 e. The number of hydrogen-bond acceptors (Lipinski definition) is 3. The molecule has 0 saturated heterocycles. The van der Waals surface area contributed by atoms with Crippen LogP contribution in [0.25, 0.3) is 0 Å². The van der Waals surface area contributed by atoms with Gasteiger partial charge >= 0.3 is 0 Å². The predicted octanol–water partition coefficient (Wildman–Crippen LogP) is 1.05. The van der Waals surface area contributed by atoms with Crippen LogP contribution < -0.4 is 9.47 Å². The van der Waals surface area contributed by atoms with E-state index in [0.29, 0.717) is 11.3 Å². The standard InChI is InChI=1S/C8H7FO3/c9-6-1-5(3-10)2-7-8(6)12-4-11-7/h1-2,10H,3-4H2. The van der Waals surface area contributed by atoms with Crippen LogP contribution in [0, 0.1) is 5.82 Å². The predicted molar refractivity (Wildman–Crippen MR) is 38.4 cm³/mol. The van der Waals surface area contributed by atoms with Gasteiger partial charge in [0.1, 0.15) is 0 Å². The van der Waals surface area contributed by atoms with Gasteiger partial charge in [-0.3, -0.25) is 0 Å². The molecule has 1 aliphatic heterocycles. The molecule has 64 valence electrons. The van der Waals surface area contributed by atoms with E-state index in [0.717, 1.165) is 0 Å². The Morgan fingerprint density at radius 2 is 2.25 bits per heavy atom. The van der Waals surface area contributed by atoms with Gasteiger partial charge in [0, 0.05) is 0 Å². The quantitative estimate of drug-likeness (QED) is 0.684. The highest BCUT2D eigenvalue weighted by Gasteiger charge is 2.18. The largest absolute Gasteiger partial charge is 0.453 e. The zero-order valence-electron chi connectivity index (χ0n) is 6.21. The molecule has 12 heavy (non-hydrogen) atoms. The van der Waals surface area contributed by atoms with Crippen molar-refractivity contribution in [2.45, 2.75) is 6.61 Å². The molecule has 0 aromatic heterocycles. The highest BCUT2D eigenvalue weighted by molar-refractivity contribution is 5.45. The molecular formula is C8H7FO3. The molecule has 2 rings (SSSR count). The molecule has 1 aromatic rings. The maximum absolute atomic E-state index is 13.0. The van der Waals surface area contributed by atoms with Crippen molar-refractivity contribution in [3.8, 4) is 11.5 Å². The number of hydrogen-bond donors (Lipinski definition) is 1. The molecule has 0 fully saturated rings. The van der Waals surface area contributed by atoms with Crippen molar-refractivity contribution < 1.29 is 19.0 Å². The van der Waals surface area contributed by atoms with Crippen molar-refractivity contribution in [2.24, 2.45) is 0 Å². The fraction of sp³-hybridized carbons (Fsp3) is 0.250. The third kappa shape index (κ3) is 1.00. The highest BCUT2D eigenvalue weighted by Crippen LogP contribution is 2.35. The van der Waals surface area contributed by atoms with E-state index in [-0.39, 0.29) is 19.1 Å². The van der Waals surface area contributed by atoms with E-state index < -0.39 is 5.82 Å². The van der Waals surface area contributed by atoms with Gasteiger partial charge < -0.3 is 14.6 Å². The zero-order chi connectivity index (χ0) is 8.55. The lowest BCUT2D eigenvalue weighted by molar-refractivity contribution is 0.171. The van der Waals surface area contributed by atoms with Gasteiger partial charge in [-0.15, -0.1) is 0 Å². The van der Waals surface area contributed by atoms with Crippen molar-refractivity contribution >= 4 is 0 Å². The fourth-order valence-corrected chi connectivity index (χ4v) is 1.11. The summed E-state index contributed by atoms with van der Waals surface area (Å²) in [5, 5.41) is 8.73. The average molecular weight is 170 g/mol. The first-order valence-electron chi connectivity index (χ1n) is 3.50. The van der Waals surface area contributed by atoms with Gasteiger partial charge in [-0.2, -0.15) is 0 Å². The molecular weight excluding hydrogens is 163 g/mol. The van der Waals surface area contributed by atoms with Crippen LogP contribution in [0.15, 0.2) is 12.1 Å². The Labute approximate surface area is 68.3 Å². The van der Waals surface area contributed by atoms with Crippen LogP contribution in [-0.4, -0.2) is 11.9 Å². The summed E-state index contributed by atoms with van der Waals surface area (Å²) in [6, 6.07) is 2.79. The van der Waals surface area contributed by atoms with Crippen LogP contribution >= 0.6 is 0 Å². The van der Waals surface area contributed by atoms with Crippen molar-refractivity contribution in [3.05, 3.63) is 23.5 Å². The summed E-state index contributed by atoms with van der Waals surface area (Å²) in [7, 11) is 0.